The van der Waals surface area contributed by atoms with Gasteiger partial charge < -0.3 is 14.6 Å². The van der Waals surface area contributed by atoms with Crippen LogP contribution in [0.4, 0.5) is 0 Å². The van der Waals surface area contributed by atoms with Gasteiger partial charge in [-0.3, -0.25) is 9.69 Å². The van der Waals surface area contributed by atoms with Crippen molar-refractivity contribution < 1.29 is 9.90 Å². The largest absolute Gasteiger partial charge is 0.508 e. The maximum absolute atomic E-state index is 12.6. The van der Waals surface area contributed by atoms with E-state index in [-0.39, 0.29) is 11.7 Å². The Kier molecular flexibility index (Phi) is 6.15. The van der Waals surface area contributed by atoms with E-state index in [9.17, 15) is 9.90 Å². The molecule has 4 rings (SSSR count). The summed E-state index contributed by atoms with van der Waals surface area (Å²) in [5, 5.41) is 9.62. The van der Waals surface area contributed by atoms with E-state index in [0.717, 1.165) is 24.3 Å². The maximum atomic E-state index is 12.6. The SMILES string of the molecule is O=C1CN(Cc2cncn2Cc2cccc(I)c2)CCN1Cc1cccc(O)c1. The van der Waals surface area contributed by atoms with Gasteiger partial charge in [0.1, 0.15) is 5.75 Å². The van der Waals surface area contributed by atoms with E-state index in [1.54, 1.807) is 18.2 Å². The topological polar surface area (TPSA) is 61.6 Å². The van der Waals surface area contributed by atoms with Gasteiger partial charge in [-0.05, 0) is 58.0 Å². The summed E-state index contributed by atoms with van der Waals surface area (Å²) in [5.41, 5.74) is 3.30. The van der Waals surface area contributed by atoms with Crippen LogP contribution in [-0.2, 0) is 24.4 Å². The van der Waals surface area contributed by atoms with Crippen molar-refractivity contribution >= 4 is 28.5 Å². The molecular formula is C22H23IN4O2. The standard InChI is InChI=1S/C22H23IN4O2/c23-19-5-1-3-17(9-19)13-27-16-24-11-20(27)14-25-7-8-26(22(29)15-25)12-18-4-2-6-21(28)10-18/h1-6,9-11,16,28H,7-8,12-15H2. The molecule has 0 unspecified atom stereocenters. The quantitative estimate of drug-likeness (QED) is 0.527. The van der Waals surface area contributed by atoms with Gasteiger partial charge in [0.25, 0.3) is 0 Å². The second-order valence-corrected chi connectivity index (χ2v) is 8.58. The van der Waals surface area contributed by atoms with Crippen molar-refractivity contribution in [2.45, 2.75) is 19.6 Å². The van der Waals surface area contributed by atoms with Gasteiger partial charge in [0.15, 0.2) is 0 Å². The van der Waals surface area contributed by atoms with Crippen LogP contribution in [0.2, 0.25) is 0 Å². The summed E-state index contributed by atoms with van der Waals surface area (Å²) < 4.78 is 3.37. The molecule has 0 radical (unpaired) electrons. The number of hydrogen-bond acceptors (Lipinski definition) is 4. The van der Waals surface area contributed by atoms with Crippen molar-refractivity contribution in [3.63, 3.8) is 0 Å². The first-order chi connectivity index (χ1) is 14.1. The molecule has 0 bridgehead atoms. The van der Waals surface area contributed by atoms with Crippen LogP contribution in [0.15, 0.2) is 61.1 Å². The van der Waals surface area contributed by atoms with E-state index < -0.39 is 0 Å². The number of phenolic OH excluding ortho intramolecular Hbond substituents is 1. The zero-order chi connectivity index (χ0) is 20.2. The third-order valence-electron chi connectivity index (χ3n) is 5.11. The lowest BCUT2D eigenvalue weighted by Gasteiger charge is -2.34. The normalized spacial score (nSPS) is 15.1. The highest BCUT2D eigenvalue weighted by Gasteiger charge is 2.24. The number of phenols is 1. The van der Waals surface area contributed by atoms with Crippen LogP contribution in [-0.4, -0.2) is 50.0 Å². The highest BCUT2D eigenvalue weighted by Crippen LogP contribution is 2.17. The molecule has 0 atom stereocenters. The first kappa shape index (κ1) is 19.9. The minimum Gasteiger partial charge on any atom is -0.508 e. The number of aromatic nitrogens is 2. The molecule has 6 nitrogen and oxygen atoms in total. The predicted octanol–water partition coefficient (Wildman–Crippen LogP) is 3.09. The van der Waals surface area contributed by atoms with Crippen LogP contribution in [0.1, 0.15) is 16.8 Å². The fraction of sp³-hybridized carbons (Fsp3) is 0.273. The van der Waals surface area contributed by atoms with Crippen molar-refractivity contribution in [3.8, 4) is 5.75 Å². The van der Waals surface area contributed by atoms with Crippen molar-refractivity contribution in [1.82, 2.24) is 19.4 Å². The number of halogens is 1. The summed E-state index contributed by atoms with van der Waals surface area (Å²) in [6.45, 7) is 3.91. The minimum absolute atomic E-state index is 0.114. The summed E-state index contributed by atoms with van der Waals surface area (Å²) in [6, 6.07) is 15.5. The Morgan fingerprint density at radius 3 is 2.55 bits per heavy atom. The summed E-state index contributed by atoms with van der Waals surface area (Å²) in [4.78, 5) is 21.0. The van der Waals surface area contributed by atoms with E-state index in [2.05, 4.69) is 61.3 Å². The zero-order valence-electron chi connectivity index (χ0n) is 16.0. The molecule has 2 heterocycles. The number of carbonyl (C=O) groups excluding carboxylic acids is 1. The van der Waals surface area contributed by atoms with Crippen LogP contribution in [0.5, 0.6) is 5.75 Å². The number of carbonyl (C=O) groups is 1. The number of piperazine rings is 1. The van der Waals surface area contributed by atoms with Crippen LogP contribution in [0.25, 0.3) is 0 Å². The lowest BCUT2D eigenvalue weighted by molar-refractivity contribution is -0.136. The van der Waals surface area contributed by atoms with Crippen LogP contribution >= 0.6 is 22.6 Å². The third kappa shape index (κ3) is 5.16. The molecule has 150 valence electrons. The molecule has 0 saturated carbocycles. The Morgan fingerprint density at radius 2 is 1.79 bits per heavy atom. The number of nitrogens with zero attached hydrogens (tertiary/aromatic N) is 4. The molecule has 1 aliphatic rings. The molecule has 1 aliphatic heterocycles. The van der Waals surface area contributed by atoms with Gasteiger partial charge in [-0.25, -0.2) is 4.98 Å². The van der Waals surface area contributed by atoms with Gasteiger partial charge in [-0.2, -0.15) is 0 Å². The zero-order valence-corrected chi connectivity index (χ0v) is 18.2. The van der Waals surface area contributed by atoms with E-state index in [1.807, 2.05) is 23.5 Å². The number of amides is 1. The fourth-order valence-corrected chi connectivity index (χ4v) is 4.23. The Labute approximate surface area is 183 Å². The molecule has 0 spiro atoms. The molecule has 1 N–H and O–H groups in total. The lowest BCUT2D eigenvalue weighted by atomic mass is 10.2. The fourth-order valence-electron chi connectivity index (χ4n) is 3.62. The van der Waals surface area contributed by atoms with E-state index in [4.69, 9.17) is 0 Å². The van der Waals surface area contributed by atoms with Gasteiger partial charge in [0.05, 0.1) is 18.6 Å². The van der Waals surface area contributed by atoms with E-state index in [0.29, 0.717) is 26.2 Å². The van der Waals surface area contributed by atoms with Crippen molar-refractivity contribution in [2.24, 2.45) is 0 Å². The van der Waals surface area contributed by atoms with Crippen LogP contribution < -0.4 is 0 Å². The molecule has 1 fully saturated rings. The molecule has 0 aliphatic carbocycles. The molecular weight excluding hydrogens is 479 g/mol. The first-order valence-corrected chi connectivity index (χ1v) is 10.7. The molecule has 1 amide bonds. The van der Waals surface area contributed by atoms with Crippen LogP contribution in [0, 0.1) is 3.57 Å². The molecule has 1 aromatic heterocycles. The summed E-state index contributed by atoms with van der Waals surface area (Å²) in [7, 11) is 0. The number of imidazole rings is 1. The number of aromatic hydroxyl groups is 1. The van der Waals surface area contributed by atoms with Crippen molar-refractivity contribution in [2.75, 3.05) is 19.6 Å². The van der Waals surface area contributed by atoms with Gasteiger partial charge >= 0.3 is 0 Å². The van der Waals surface area contributed by atoms with Crippen LogP contribution in [0.3, 0.4) is 0 Å². The number of hydrogen-bond donors (Lipinski definition) is 1. The Bertz CT molecular complexity index is 1000. The van der Waals surface area contributed by atoms with Gasteiger partial charge in [0.2, 0.25) is 5.91 Å². The third-order valence-corrected chi connectivity index (χ3v) is 5.78. The Morgan fingerprint density at radius 1 is 1.00 bits per heavy atom. The molecule has 29 heavy (non-hydrogen) atoms. The van der Waals surface area contributed by atoms with Gasteiger partial charge in [-0.15, -0.1) is 0 Å². The highest BCUT2D eigenvalue weighted by atomic mass is 127. The monoisotopic (exact) mass is 502 g/mol. The molecule has 7 heteroatoms. The highest BCUT2D eigenvalue weighted by molar-refractivity contribution is 14.1. The Hall–Kier alpha value is -2.39. The maximum Gasteiger partial charge on any atom is 0.237 e. The second-order valence-electron chi connectivity index (χ2n) is 7.34. The Balaban J connectivity index is 1.36. The molecule has 1 saturated heterocycles. The number of rotatable bonds is 6. The average molecular weight is 502 g/mol. The van der Waals surface area contributed by atoms with Crippen molar-refractivity contribution in [1.29, 1.82) is 0 Å². The van der Waals surface area contributed by atoms with E-state index >= 15 is 0 Å². The smallest absolute Gasteiger partial charge is 0.237 e. The predicted molar refractivity (Wildman–Crippen MR) is 119 cm³/mol. The van der Waals surface area contributed by atoms with Gasteiger partial charge in [-0.1, -0.05) is 24.3 Å². The average Bonchev–Trinajstić information content (AvgIpc) is 3.11. The van der Waals surface area contributed by atoms with E-state index in [1.165, 1.54) is 9.13 Å². The first-order valence-electron chi connectivity index (χ1n) is 9.58. The molecule has 3 aromatic rings. The van der Waals surface area contributed by atoms with Gasteiger partial charge in [0, 0.05) is 42.5 Å². The second kappa shape index (κ2) is 8.96. The minimum atomic E-state index is 0.114. The summed E-state index contributed by atoms with van der Waals surface area (Å²) in [6.07, 6.45) is 3.74. The summed E-state index contributed by atoms with van der Waals surface area (Å²) in [5.74, 6) is 0.346. The lowest BCUT2D eigenvalue weighted by Crippen LogP contribution is -2.49. The number of benzene rings is 2. The summed E-state index contributed by atoms with van der Waals surface area (Å²) >= 11 is 2.32. The van der Waals surface area contributed by atoms with Crippen molar-refractivity contribution in [3.05, 3.63) is 81.4 Å². The molecule has 2 aromatic carbocycles.